The van der Waals surface area contributed by atoms with Gasteiger partial charge in [-0.05, 0) is 24.5 Å². The first kappa shape index (κ1) is 9.90. The van der Waals surface area contributed by atoms with Gasteiger partial charge in [0.1, 0.15) is 5.15 Å². The van der Waals surface area contributed by atoms with Gasteiger partial charge in [-0.15, -0.1) is 0 Å². The van der Waals surface area contributed by atoms with Crippen molar-refractivity contribution in [2.45, 2.75) is 31.5 Å². The van der Waals surface area contributed by atoms with Gasteiger partial charge in [-0.2, -0.15) is 0 Å². The maximum absolute atomic E-state index is 9.33. The lowest BCUT2D eigenvalue weighted by atomic mass is 9.89. The van der Waals surface area contributed by atoms with Crippen LogP contribution in [0, 0.1) is 0 Å². The third kappa shape index (κ3) is 2.23. The fraction of sp³-hybridized carbons (Fsp3) is 0.500. The van der Waals surface area contributed by atoms with Crippen molar-refractivity contribution < 1.29 is 5.11 Å². The highest BCUT2D eigenvalue weighted by Gasteiger charge is 2.27. The Morgan fingerprint density at radius 2 is 2.36 bits per heavy atom. The standard InChI is InChI=1S/C10H13ClN2O/c11-10-4-1-7(6-13-10)5-12-8-2-3-9(8)14/h1,4,6,8-9,12,14H,2-3,5H2/t8-,9-/m1/s1. The quantitative estimate of drug-likeness (QED) is 0.744. The normalized spacial score (nSPS) is 25.9. The molecule has 1 aromatic rings. The Hall–Kier alpha value is -0.640. The van der Waals surface area contributed by atoms with Crippen LogP contribution in [-0.4, -0.2) is 22.2 Å². The highest BCUT2D eigenvalue weighted by atomic mass is 35.5. The molecule has 2 N–H and O–H groups in total. The van der Waals surface area contributed by atoms with Crippen molar-refractivity contribution in [1.82, 2.24) is 10.3 Å². The lowest BCUT2D eigenvalue weighted by molar-refractivity contribution is 0.0493. The molecule has 0 unspecified atom stereocenters. The van der Waals surface area contributed by atoms with Crippen LogP contribution in [0.2, 0.25) is 5.15 Å². The van der Waals surface area contributed by atoms with Gasteiger partial charge in [0, 0.05) is 18.8 Å². The van der Waals surface area contributed by atoms with Crippen molar-refractivity contribution in [2.75, 3.05) is 0 Å². The third-order valence-electron chi connectivity index (χ3n) is 2.59. The van der Waals surface area contributed by atoms with E-state index in [0.717, 1.165) is 24.9 Å². The van der Waals surface area contributed by atoms with Crippen molar-refractivity contribution >= 4 is 11.6 Å². The molecule has 1 heterocycles. The van der Waals surface area contributed by atoms with E-state index in [1.807, 2.05) is 6.07 Å². The number of aliphatic hydroxyl groups is 1. The lowest BCUT2D eigenvalue weighted by Crippen LogP contribution is -2.47. The van der Waals surface area contributed by atoms with E-state index in [1.54, 1.807) is 12.3 Å². The molecule has 3 nitrogen and oxygen atoms in total. The second kappa shape index (κ2) is 4.26. The molecule has 1 aliphatic rings. The molecule has 0 aromatic carbocycles. The van der Waals surface area contributed by atoms with Crippen molar-refractivity contribution in [3.8, 4) is 0 Å². The van der Waals surface area contributed by atoms with Crippen LogP contribution in [0.3, 0.4) is 0 Å². The van der Waals surface area contributed by atoms with Gasteiger partial charge in [0.2, 0.25) is 0 Å². The Bertz CT molecular complexity index is 301. The summed E-state index contributed by atoms with van der Waals surface area (Å²) in [6.45, 7) is 0.742. The summed E-state index contributed by atoms with van der Waals surface area (Å²) in [4.78, 5) is 3.98. The number of hydrogen-bond donors (Lipinski definition) is 2. The molecular formula is C10H13ClN2O. The van der Waals surface area contributed by atoms with Crippen LogP contribution in [-0.2, 0) is 6.54 Å². The molecule has 0 aliphatic heterocycles. The molecule has 0 saturated heterocycles. The zero-order valence-electron chi connectivity index (χ0n) is 7.78. The molecule has 1 saturated carbocycles. The number of aliphatic hydroxyl groups excluding tert-OH is 1. The minimum atomic E-state index is -0.171. The molecule has 0 radical (unpaired) electrons. The number of pyridine rings is 1. The number of nitrogens with zero attached hydrogens (tertiary/aromatic N) is 1. The minimum absolute atomic E-state index is 0.171. The van der Waals surface area contributed by atoms with Gasteiger partial charge < -0.3 is 10.4 Å². The predicted octanol–water partition coefficient (Wildman–Crippen LogP) is 1.35. The fourth-order valence-electron chi connectivity index (χ4n) is 1.48. The number of nitrogens with one attached hydrogen (secondary N) is 1. The second-order valence-corrected chi connectivity index (χ2v) is 4.01. The topological polar surface area (TPSA) is 45.1 Å². The van der Waals surface area contributed by atoms with E-state index in [0.29, 0.717) is 5.15 Å². The summed E-state index contributed by atoms with van der Waals surface area (Å²) in [5, 5.41) is 13.1. The molecular weight excluding hydrogens is 200 g/mol. The molecule has 1 fully saturated rings. The minimum Gasteiger partial charge on any atom is -0.392 e. The molecule has 1 aromatic heterocycles. The maximum Gasteiger partial charge on any atom is 0.129 e. The lowest BCUT2D eigenvalue weighted by Gasteiger charge is -2.33. The Morgan fingerprint density at radius 1 is 1.50 bits per heavy atom. The summed E-state index contributed by atoms with van der Waals surface area (Å²) in [5.41, 5.74) is 1.09. The average molecular weight is 213 g/mol. The summed E-state index contributed by atoms with van der Waals surface area (Å²) in [5.74, 6) is 0. The van der Waals surface area contributed by atoms with Crippen LogP contribution in [0.25, 0.3) is 0 Å². The third-order valence-corrected chi connectivity index (χ3v) is 2.82. The first-order valence-electron chi connectivity index (χ1n) is 4.77. The van der Waals surface area contributed by atoms with Crippen LogP contribution in [0.15, 0.2) is 18.3 Å². The summed E-state index contributed by atoms with van der Waals surface area (Å²) < 4.78 is 0. The van der Waals surface area contributed by atoms with E-state index in [1.165, 1.54) is 0 Å². The van der Waals surface area contributed by atoms with Gasteiger partial charge in [-0.1, -0.05) is 17.7 Å². The summed E-state index contributed by atoms with van der Waals surface area (Å²) in [7, 11) is 0. The Balaban J connectivity index is 1.83. The second-order valence-electron chi connectivity index (χ2n) is 3.62. The van der Waals surface area contributed by atoms with Gasteiger partial charge in [0.05, 0.1) is 6.10 Å². The van der Waals surface area contributed by atoms with Crippen molar-refractivity contribution in [1.29, 1.82) is 0 Å². The first-order valence-corrected chi connectivity index (χ1v) is 5.15. The van der Waals surface area contributed by atoms with E-state index >= 15 is 0 Å². The molecule has 14 heavy (non-hydrogen) atoms. The summed E-state index contributed by atoms with van der Waals surface area (Å²) in [6.07, 6.45) is 3.55. The predicted molar refractivity (Wildman–Crippen MR) is 55.1 cm³/mol. The van der Waals surface area contributed by atoms with E-state index < -0.39 is 0 Å². The zero-order valence-corrected chi connectivity index (χ0v) is 8.54. The van der Waals surface area contributed by atoms with Gasteiger partial charge >= 0.3 is 0 Å². The summed E-state index contributed by atoms with van der Waals surface area (Å²) >= 11 is 5.66. The van der Waals surface area contributed by atoms with Crippen LogP contribution in [0.1, 0.15) is 18.4 Å². The van der Waals surface area contributed by atoms with E-state index in [-0.39, 0.29) is 12.1 Å². The van der Waals surface area contributed by atoms with E-state index in [2.05, 4.69) is 10.3 Å². The number of rotatable bonds is 3. The first-order chi connectivity index (χ1) is 6.75. The van der Waals surface area contributed by atoms with E-state index in [4.69, 9.17) is 11.6 Å². The van der Waals surface area contributed by atoms with Crippen molar-refractivity contribution in [3.05, 3.63) is 29.0 Å². The SMILES string of the molecule is O[C@@H]1CC[C@H]1NCc1ccc(Cl)nc1. The summed E-state index contributed by atoms with van der Waals surface area (Å²) in [6, 6.07) is 3.97. The number of halogens is 1. The monoisotopic (exact) mass is 212 g/mol. The molecule has 2 atom stereocenters. The molecule has 1 aliphatic carbocycles. The van der Waals surface area contributed by atoms with E-state index in [9.17, 15) is 5.11 Å². The smallest absolute Gasteiger partial charge is 0.129 e. The van der Waals surface area contributed by atoms with Crippen LogP contribution < -0.4 is 5.32 Å². The van der Waals surface area contributed by atoms with Crippen LogP contribution in [0.5, 0.6) is 0 Å². The Morgan fingerprint density at radius 3 is 2.86 bits per heavy atom. The Kier molecular flexibility index (Phi) is 3.01. The molecule has 2 rings (SSSR count). The average Bonchev–Trinajstić information content (AvgIpc) is 2.19. The number of aromatic nitrogens is 1. The zero-order chi connectivity index (χ0) is 9.97. The molecule has 0 bridgehead atoms. The molecule has 0 spiro atoms. The van der Waals surface area contributed by atoms with Crippen molar-refractivity contribution in [3.63, 3.8) is 0 Å². The molecule has 4 heteroatoms. The highest BCUT2D eigenvalue weighted by Crippen LogP contribution is 2.19. The largest absolute Gasteiger partial charge is 0.392 e. The van der Waals surface area contributed by atoms with Gasteiger partial charge in [-0.25, -0.2) is 4.98 Å². The fourth-order valence-corrected chi connectivity index (χ4v) is 1.59. The van der Waals surface area contributed by atoms with Crippen LogP contribution in [0.4, 0.5) is 0 Å². The van der Waals surface area contributed by atoms with Gasteiger partial charge in [0.15, 0.2) is 0 Å². The molecule has 76 valence electrons. The molecule has 0 amide bonds. The van der Waals surface area contributed by atoms with Gasteiger partial charge in [0.25, 0.3) is 0 Å². The highest BCUT2D eigenvalue weighted by molar-refractivity contribution is 6.29. The Labute approximate surface area is 88.1 Å². The maximum atomic E-state index is 9.33. The van der Waals surface area contributed by atoms with Crippen molar-refractivity contribution in [2.24, 2.45) is 0 Å². The number of hydrogen-bond acceptors (Lipinski definition) is 3. The van der Waals surface area contributed by atoms with Gasteiger partial charge in [-0.3, -0.25) is 0 Å². The van der Waals surface area contributed by atoms with Crippen LogP contribution >= 0.6 is 11.6 Å².